The zero-order valence-electron chi connectivity index (χ0n) is 14.6. The molecule has 0 radical (unpaired) electrons. The monoisotopic (exact) mass is 371 g/mol. The quantitative estimate of drug-likeness (QED) is 0.562. The van der Waals surface area contributed by atoms with Gasteiger partial charge in [0.15, 0.2) is 0 Å². The fraction of sp³-hybridized carbons (Fsp3) is 0.190. The summed E-state index contributed by atoms with van der Waals surface area (Å²) >= 11 is 1.82. The van der Waals surface area contributed by atoms with Gasteiger partial charge in [0.2, 0.25) is 5.95 Å². The predicted octanol–water partition coefficient (Wildman–Crippen LogP) is 4.76. The van der Waals surface area contributed by atoms with Crippen molar-refractivity contribution in [3.05, 3.63) is 71.1 Å². The molecule has 1 aromatic carbocycles. The van der Waals surface area contributed by atoms with Gasteiger partial charge in [0, 0.05) is 35.3 Å². The van der Waals surface area contributed by atoms with E-state index in [9.17, 15) is 0 Å². The van der Waals surface area contributed by atoms with Gasteiger partial charge in [-0.3, -0.25) is 4.57 Å². The van der Waals surface area contributed by atoms with Crippen LogP contribution >= 0.6 is 11.3 Å². The minimum absolute atomic E-state index is 0.623. The van der Waals surface area contributed by atoms with Crippen LogP contribution in [0.4, 0.5) is 5.82 Å². The summed E-state index contributed by atoms with van der Waals surface area (Å²) in [5.74, 6) is 2.20. The lowest BCUT2D eigenvalue weighted by molar-refractivity contribution is 0.797. The van der Waals surface area contributed by atoms with Gasteiger partial charge < -0.3 is 5.32 Å². The van der Waals surface area contributed by atoms with Gasteiger partial charge in [-0.15, -0.1) is 11.3 Å². The summed E-state index contributed by atoms with van der Waals surface area (Å²) in [7, 11) is 0. The highest BCUT2D eigenvalue weighted by Crippen LogP contribution is 2.59. The second kappa shape index (κ2) is 5.76. The number of nitrogens with zero attached hydrogens (tertiary/aromatic N) is 4. The van der Waals surface area contributed by atoms with Crippen LogP contribution in [0.2, 0.25) is 0 Å². The van der Waals surface area contributed by atoms with Crippen LogP contribution in [0.15, 0.2) is 55.1 Å². The first-order chi connectivity index (χ1) is 13.4. The maximum atomic E-state index is 4.86. The molecule has 3 heterocycles. The second-order valence-corrected chi connectivity index (χ2v) is 8.02. The van der Waals surface area contributed by atoms with Crippen molar-refractivity contribution in [2.24, 2.45) is 0 Å². The summed E-state index contributed by atoms with van der Waals surface area (Å²) in [5.41, 5.74) is 4.11. The molecule has 0 saturated carbocycles. The number of allylic oxidation sites excluding steroid dienone is 2. The average molecular weight is 371 g/mol. The van der Waals surface area contributed by atoms with E-state index in [-0.39, 0.29) is 0 Å². The Balaban J connectivity index is 1.50. The minimum atomic E-state index is 0.623. The smallest absolute Gasteiger partial charge is 0.238 e. The molecule has 1 N–H and O–H groups in total. The standard InChI is InChI=1S/C21H17N5S/c1-2-5-13(6-3-1)11-23-19-17-16-14-7-4-8-15(14)18(16)27-20(17)25-21(24-19)26-10-9-22-12-26/h1-3,5-7,9-10,12,15H,4,8,11H2,(H,23,24,25). The molecule has 5 nitrogen and oxygen atoms in total. The molecule has 132 valence electrons. The largest absolute Gasteiger partial charge is 0.365 e. The highest BCUT2D eigenvalue weighted by atomic mass is 32.1. The molecule has 2 aliphatic rings. The van der Waals surface area contributed by atoms with E-state index in [1.54, 1.807) is 12.5 Å². The van der Waals surface area contributed by atoms with Crippen LogP contribution in [0, 0.1) is 0 Å². The summed E-state index contributed by atoms with van der Waals surface area (Å²) < 4.78 is 1.87. The van der Waals surface area contributed by atoms with Gasteiger partial charge in [0.25, 0.3) is 0 Å². The highest BCUT2D eigenvalue weighted by Gasteiger charge is 2.39. The predicted molar refractivity (Wildman–Crippen MR) is 108 cm³/mol. The number of aromatic nitrogens is 4. The molecule has 0 saturated heterocycles. The first-order valence-corrected chi connectivity index (χ1v) is 10.0. The van der Waals surface area contributed by atoms with E-state index in [0.717, 1.165) is 17.2 Å². The Kier molecular flexibility index (Phi) is 3.22. The van der Waals surface area contributed by atoms with E-state index in [0.29, 0.717) is 11.9 Å². The number of nitrogens with one attached hydrogen (secondary N) is 1. The summed E-state index contributed by atoms with van der Waals surface area (Å²) in [6.07, 6.45) is 10.2. The van der Waals surface area contributed by atoms with Gasteiger partial charge in [-0.25, -0.2) is 9.97 Å². The number of imidazole rings is 1. The van der Waals surface area contributed by atoms with Crippen molar-refractivity contribution in [3.63, 3.8) is 0 Å². The summed E-state index contributed by atoms with van der Waals surface area (Å²) in [5, 5.41) is 4.75. The summed E-state index contributed by atoms with van der Waals surface area (Å²) in [6, 6.07) is 10.4. The fourth-order valence-corrected chi connectivity index (χ4v) is 5.46. The van der Waals surface area contributed by atoms with E-state index in [1.807, 2.05) is 28.2 Å². The van der Waals surface area contributed by atoms with E-state index in [2.05, 4.69) is 40.6 Å². The number of fused-ring (bicyclic) bond motifs is 6. The minimum Gasteiger partial charge on any atom is -0.365 e. The molecular formula is C21H17N5S. The summed E-state index contributed by atoms with van der Waals surface area (Å²) in [6.45, 7) is 0.740. The maximum absolute atomic E-state index is 4.86. The molecule has 0 fully saturated rings. The van der Waals surface area contributed by atoms with Gasteiger partial charge in [-0.1, -0.05) is 36.4 Å². The molecule has 0 amide bonds. The number of benzene rings is 1. The Morgan fingerprint density at radius 2 is 2.11 bits per heavy atom. The van der Waals surface area contributed by atoms with Gasteiger partial charge in [0.1, 0.15) is 17.0 Å². The van der Waals surface area contributed by atoms with Crippen LogP contribution in [0.3, 0.4) is 0 Å². The van der Waals surface area contributed by atoms with E-state index >= 15 is 0 Å². The molecule has 0 aliphatic heterocycles. The molecule has 0 bridgehead atoms. The average Bonchev–Trinajstić information content (AvgIpc) is 3.42. The fourth-order valence-electron chi connectivity index (χ4n) is 4.12. The molecule has 1 unspecified atom stereocenters. The molecule has 3 aromatic heterocycles. The lowest BCUT2D eigenvalue weighted by Gasteiger charge is -2.26. The van der Waals surface area contributed by atoms with Crippen molar-refractivity contribution >= 4 is 32.9 Å². The molecule has 2 aliphatic carbocycles. The van der Waals surface area contributed by atoms with Crippen LogP contribution in [0.5, 0.6) is 0 Å². The SMILES string of the molecule is C1=C2c3c(sc4nc(-n5ccnc5)nc(NCc5ccccc5)c34)C2CC1. The van der Waals surface area contributed by atoms with Gasteiger partial charge in [-0.05, 0) is 24.0 Å². The molecular weight excluding hydrogens is 354 g/mol. The Hall–Kier alpha value is -2.99. The third-order valence-corrected chi connectivity index (χ3v) is 6.60. The maximum Gasteiger partial charge on any atom is 0.238 e. The Labute approximate surface area is 160 Å². The topological polar surface area (TPSA) is 55.6 Å². The lowest BCUT2D eigenvalue weighted by Crippen LogP contribution is -2.11. The van der Waals surface area contributed by atoms with Crippen molar-refractivity contribution in [3.8, 4) is 5.95 Å². The van der Waals surface area contributed by atoms with Crippen LogP contribution in [0.25, 0.3) is 21.7 Å². The zero-order valence-corrected chi connectivity index (χ0v) is 15.4. The molecule has 1 atom stereocenters. The Morgan fingerprint density at radius 3 is 2.96 bits per heavy atom. The molecule has 4 aromatic rings. The van der Waals surface area contributed by atoms with Crippen LogP contribution in [-0.4, -0.2) is 19.5 Å². The molecule has 0 spiro atoms. The lowest BCUT2D eigenvalue weighted by atomic mass is 9.80. The van der Waals surface area contributed by atoms with E-state index < -0.39 is 0 Å². The van der Waals surface area contributed by atoms with Crippen molar-refractivity contribution in [1.82, 2.24) is 19.5 Å². The third kappa shape index (κ3) is 2.26. The zero-order chi connectivity index (χ0) is 17.8. The number of hydrogen-bond donors (Lipinski definition) is 1. The second-order valence-electron chi connectivity index (χ2n) is 6.99. The highest BCUT2D eigenvalue weighted by molar-refractivity contribution is 7.19. The van der Waals surface area contributed by atoms with Crippen LogP contribution < -0.4 is 5.32 Å². The Bertz CT molecular complexity index is 1170. The van der Waals surface area contributed by atoms with Crippen molar-refractivity contribution < 1.29 is 0 Å². The van der Waals surface area contributed by atoms with Gasteiger partial charge >= 0.3 is 0 Å². The van der Waals surface area contributed by atoms with Crippen LogP contribution in [-0.2, 0) is 6.54 Å². The van der Waals surface area contributed by atoms with Crippen LogP contribution in [0.1, 0.15) is 34.8 Å². The Morgan fingerprint density at radius 1 is 1.19 bits per heavy atom. The third-order valence-electron chi connectivity index (χ3n) is 5.41. The van der Waals surface area contributed by atoms with Crippen molar-refractivity contribution in [2.45, 2.75) is 25.3 Å². The van der Waals surface area contributed by atoms with Gasteiger partial charge in [-0.2, -0.15) is 4.98 Å². The number of anilines is 1. The van der Waals surface area contributed by atoms with Crippen molar-refractivity contribution in [2.75, 3.05) is 5.32 Å². The number of thiophene rings is 1. The molecule has 6 rings (SSSR count). The number of rotatable bonds is 4. The normalized spacial score (nSPS) is 17.3. The van der Waals surface area contributed by atoms with E-state index in [4.69, 9.17) is 9.97 Å². The summed E-state index contributed by atoms with van der Waals surface area (Å²) in [4.78, 5) is 16.4. The molecule has 27 heavy (non-hydrogen) atoms. The first-order valence-electron chi connectivity index (χ1n) is 9.19. The van der Waals surface area contributed by atoms with Crippen molar-refractivity contribution in [1.29, 1.82) is 0 Å². The molecule has 6 heteroatoms. The number of hydrogen-bond acceptors (Lipinski definition) is 5. The van der Waals surface area contributed by atoms with E-state index in [1.165, 1.54) is 39.8 Å². The van der Waals surface area contributed by atoms with Gasteiger partial charge in [0.05, 0.1) is 5.39 Å². The first kappa shape index (κ1) is 15.1.